The van der Waals surface area contributed by atoms with Crippen LogP contribution in [0.4, 0.5) is 0 Å². The summed E-state index contributed by atoms with van der Waals surface area (Å²) >= 11 is 0. The van der Waals surface area contributed by atoms with Gasteiger partial charge < -0.3 is 4.74 Å². The van der Waals surface area contributed by atoms with E-state index in [9.17, 15) is 4.79 Å². The van der Waals surface area contributed by atoms with E-state index in [2.05, 4.69) is 6.92 Å². The minimum absolute atomic E-state index is 0.0204. The first-order valence-electron chi connectivity index (χ1n) is 8.78. The van der Waals surface area contributed by atoms with Gasteiger partial charge in [0.1, 0.15) is 0 Å². The Hall–Kier alpha value is -0.530. The molecule has 1 fully saturated rings. The first-order chi connectivity index (χ1) is 9.83. The summed E-state index contributed by atoms with van der Waals surface area (Å²) in [5.74, 6) is 0.649. The van der Waals surface area contributed by atoms with Crippen molar-refractivity contribution < 1.29 is 9.53 Å². The van der Waals surface area contributed by atoms with Crippen LogP contribution in [0.2, 0.25) is 0 Å². The van der Waals surface area contributed by atoms with Crippen molar-refractivity contribution in [2.75, 3.05) is 6.61 Å². The fraction of sp³-hybridized carbons (Fsp3) is 0.889. The molecule has 0 saturated heterocycles. The van der Waals surface area contributed by atoms with E-state index >= 15 is 0 Å². The second-order valence-corrected chi connectivity index (χ2v) is 6.27. The molecule has 0 aromatic rings. The molecule has 0 aromatic heterocycles. The number of hydrogen-bond donors (Lipinski definition) is 0. The minimum Gasteiger partial charge on any atom is -0.465 e. The van der Waals surface area contributed by atoms with Gasteiger partial charge >= 0.3 is 5.97 Å². The number of esters is 1. The zero-order valence-corrected chi connectivity index (χ0v) is 13.2. The molecular formula is C18H33O2. The van der Waals surface area contributed by atoms with E-state index in [1.807, 2.05) is 0 Å². The molecule has 1 radical (unpaired) electrons. The highest BCUT2D eigenvalue weighted by Gasteiger charge is 2.14. The van der Waals surface area contributed by atoms with Crippen molar-refractivity contribution in [3.8, 4) is 0 Å². The Labute approximate surface area is 125 Å². The highest BCUT2D eigenvalue weighted by atomic mass is 16.5. The molecule has 1 saturated carbocycles. The molecule has 2 nitrogen and oxygen atoms in total. The zero-order valence-electron chi connectivity index (χ0n) is 13.2. The van der Waals surface area contributed by atoms with Crippen molar-refractivity contribution in [1.29, 1.82) is 0 Å². The van der Waals surface area contributed by atoms with E-state index in [-0.39, 0.29) is 5.97 Å². The van der Waals surface area contributed by atoms with Crippen LogP contribution in [-0.4, -0.2) is 12.6 Å². The Bertz CT molecular complexity index is 230. The topological polar surface area (TPSA) is 26.3 Å². The lowest BCUT2D eigenvalue weighted by molar-refractivity contribution is -0.145. The van der Waals surface area contributed by atoms with E-state index < -0.39 is 0 Å². The van der Waals surface area contributed by atoms with Crippen molar-refractivity contribution in [3.05, 3.63) is 6.92 Å². The average molecular weight is 281 g/mol. The number of carbonyl (C=O) groups excluding carboxylic acids is 1. The molecule has 0 bridgehead atoms. The standard InChI is InChI=1S/C18H33O2/c1-2-3-4-5-6-7-12-15-18(19)20-16-17-13-10-8-9-11-14-17/h17H,1-16H2. The summed E-state index contributed by atoms with van der Waals surface area (Å²) in [6.07, 6.45) is 16.7. The van der Waals surface area contributed by atoms with Crippen LogP contribution in [-0.2, 0) is 9.53 Å². The second-order valence-electron chi connectivity index (χ2n) is 6.27. The third-order valence-electron chi connectivity index (χ3n) is 4.34. The van der Waals surface area contributed by atoms with Crippen LogP contribution >= 0.6 is 0 Å². The maximum Gasteiger partial charge on any atom is 0.305 e. The summed E-state index contributed by atoms with van der Waals surface area (Å²) < 4.78 is 5.43. The summed E-state index contributed by atoms with van der Waals surface area (Å²) in [6.45, 7) is 4.52. The highest BCUT2D eigenvalue weighted by Crippen LogP contribution is 2.23. The average Bonchev–Trinajstić information content (AvgIpc) is 2.73. The molecule has 1 rings (SSSR count). The van der Waals surface area contributed by atoms with Crippen LogP contribution in [0.15, 0.2) is 0 Å². The zero-order chi connectivity index (χ0) is 14.5. The molecule has 2 heteroatoms. The number of ether oxygens (including phenoxy) is 1. The van der Waals surface area contributed by atoms with Crippen LogP contribution in [0.25, 0.3) is 0 Å². The molecule has 0 heterocycles. The van der Waals surface area contributed by atoms with Crippen molar-refractivity contribution in [3.63, 3.8) is 0 Å². The van der Waals surface area contributed by atoms with E-state index in [1.165, 1.54) is 64.2 Å². The van der Waals surface area contributed by atoms with Gasteiger partial charge in [-0.05, 0) is 25.2 Å². The largest absolute Gasteiger partial charge is 0.465 e. The number of hydrogen-bond acceptors (Lipinski definition) is 2. The van der Waals surface area contributed by atoms with E-state index in [0.29, 0.717) is 18.9 Å². The van der Waals surface area contributed by atoms with Crippen LogP contribution in [0, 0.1) is 12.8 Å². The predicted molar refractivity (Wildman–Crippen MR) is 84.4 cm³/mol. The molecule has 0 unspecified atom stereocenters. The molecule has 0 aliphatic heterocycles. The van der Waals surface area contributed by atoms with Crippen molar-refractivity contribution >= 4 is 5.97 Å². The third-order valence-corrected chi connectivity index (χ3v) is 4.34. The predicted octanol–water partition coefficient (Wildman–Crippen LogP) is 5.45. The van der Waals surface area contributed by atoms with Gasteiger partial charge in [0.2, 0.25) is 0 Å². The summed E-state index contributed by atoms with van der Waals surface area (Å²) in [5.41, 5.74) is 0. The monoisotopic (exact) mass is 281 g/mol. The quantitative estimate of drug-likeness (QED) is 0.302. The van der Waals surface area contributed by atoms with Gasteiger partial charge in [-0.15, -0.1) is 0 Å². The molecule has 117 valence electrons. The molecule has 20 heavy (non-hydrogen) atoms. The van der Waals surface area contributed by atoms with Gasteiger partial charge in [0.25, 0.3) is 0 Å². The van der Waals surface area contributed by atoms with Crippen LogP contribution in [0.1, 0.15) is 89.9 Å². The Morgan fingerprint density at radius 2 is 1.50 bits per heavy atom. The lowest BCUT2D eigenvalue weighted by atomic mass is 10.0. The molecular weight excluding hydrogens is 248 g/mol. The van der Waals surface area contributed by atoms with Crippen molar-refractivity contribution in [1.82, 2.24) is 0 Å². The molecule has 1 aliphatic rings. The van der Waals surface area contributed by atoms with Gasteiger partial charge in [0.15, 0.2) is 0 Å². The fourth-order valence-corrected chi connectivity index (χ4v) is 2.97. The molecule has 0 atom stereocenters. The molecule has 0 N–H and O–H groups in total. The summed E-state index contributed by atoms with van der Waals surface area (Å²) in [5, 5.41) is 0. The van der Waals surface area contributed by atoms with Gasteiger partial charge in [-0.25, -0.2) is 0 Å². The number of carbonyl (C=O) groups is 1. The fourth-order valence-electron chi connectivity index (χ4n) is 2.97. The lowest BCUT2D eigenvalue weighted by Crippen LogP contribution is -2.13. The Morgan fingerprint density at radius 3 is 2.15 bits per heavy atom. The Balaban J connectivity index is 1.92. The van der Waals surface area contributed by atoms with E-state index in [0.717, 1.165) is 19.3 Å². The minimum atomic E-state index is 0.0204. The maximum atomic E-state index is 11.7. The van der Waals surface area contributed by atoms with Crippen molar-refractivity contribution in [2.45, 2.75) is 89.9 Å². The molecule has 0 amide bonds. The normalized spacial score (nSPS) is 16.9. The third kappa shape index (κ3) is 9.39. The Morgan fingerprint density at radius 1 is 0.900 bits per heavy atom. The summed E-state index contributed by atoms with van der Waals surface area (Å²) in [6, 6.07) is 0. The number of unbranched alkanes of at least 4 members (excludes halogenated alkanes) is 6. The Kier molecular flexibility index (Phi) is 10.7. The first-order valence-corrected chi connectivity index (χ1v) is 8.78. The first kappa shape index (κ1) is 17.5. The molecule has 0 aromatic carbocycles. The highest BCUT2D eigenvalue weighted by molar-refractivity contribution is 5.69. The maximum absolute atomic E-state index is 11.7. The molecule has 0 spiro atoms. The van der Waals surface area contributed by atoms with Crippen LogP contribution in [0.3, 0.4) is 0 Å². The van der Waals surface area contributed by atoms with Gasteiger partial charge in [0.05, 0.1) is 6.61 Å². The smallest absolute Gasteiger partial charge is 0.305 e. The summed E-state index contributed by atoms with van der Waals surface area (Å²) in [7, 11) is 0. The van der Waals surface area contributed by atoms with Crippen molar-refractivity contribution in [2.24, 2.45) is 5.92 Å². The van der Waals surface area contributed by atoms with Gasteiger partial charge in [-0.2, -0.15) is 0 Å². The lowest BCUT2D eigenvalue weighted by Gasteiger charge is -2.14. The number of rotatable bonds is 10. The van der Waals surface area contributed by atoms with E-state index in [4.69, 9.17) is 4.74 Å². The van der Waals surface area contributed by atoms with Crippen LogP contribution in [0.5, 0.6) is 0 Å². The molecule has 1 aliphatic carbocycles. The summed E-state index contributed by atoms with van der Waals surface area (Å²) in [4.78, 5) is 11.7. The second kappa shape index (κ2) is 12.2. The van der Waals surface area contributed by atoms with E-state index in [1.54, 1.807) is 0 Å². The van der Waals surface area contributed by atoms with Gasteiger partial charge in [-0.3, -0.25) is 4.79 Å². The van der Waals surface area contributed by atoms with Gasteiger partial charge in [0, 0.05) is 6.42 Å². The van der Waals surface area contributed by atoms with Crippen LogP contribution < -0.4 is 0 Å². The van der Waals surface area contributed by atoms with Gasteiger partial charge in [-0.1, -0.05) is 71.1 Å². The SMILES string of the molecule is [CH2]CCCCCCCCC(=O)OCC1CCCCCC1.